The van der Waals surface area contributed by atoms with E-state index in [1.165, 1.54) is 4.90 Å². The van der Waals surface area contributed by atoms with E-state index in [1.54, 1.807) is 26.3 Å². The Labute approximate surface area is 133 Å². The minimum Gasteiger partial charge on any atom is -0.390 e. The second kappa shape index (κ2) is 6.83. The van der Waals surface area contributed by atoms with E-state index in [4.69, 9.17) is 27.9 Å². The van der Waals surface area contributed by atoms with E-state index in [1.807, 2.05) is 0 Å². The number of ether oxygens (including phenoxy) is 1. The minimum absolute atomic E-state index is 0.278. The van der Waals surface area contributed by atoms with Crippen molar-refractivity contribution in [2.45, 2.75) is 18.6 Å². The Hall–Kier alpha value is -1.01. The Balaban J connectivity index is 2.19. The molecule has 0 aromatic heterocycles. The highest BCUT2D eigenvalue weighted by molar-refractivity contribution is 6.35. The summed E-state index contributed by atoms with van der Waals surface area (Å²) >= 11 is 12.2. The number of carbonyl (C=O) groups is 1. The number of nitrogens with one attached hydrogen (secondary N) is 1. The molecule has 1 aliphatic carbocycles. The fourth-order valence-electron chi connectivity index (χ4n) is 2.61. The maximum atomic E-state index is 12.1. The van der Waals surface area contributed by atoms with Crippen LogP contribution < -0.4 is 5.32 Å². The number of urea groups is 1. The van der Waals surface area contributed by atoms with Gasteiger partial charge in [-0.1, -0.05) is 23.2 Å². The lowest BCUT2D eigenvalue weighted by atomic mass is 10.1. The first-order valence-corrected chi connectivity index (χ1v) is 7.36. The summed E-state index contributed by atoms with van der Waals surface area (Å²) in [7, 11) is 3.21. The van der Waals surface area contributed by atoms with Crippen molar-refractivity contribution in [3.05, 3.63) is 33.3 Å². The lowest BCUT2D eigenvalue weighted by Crippen LogP contribution is -2.43. The summed E-state index contributed by atoms with van der Waals surface area (Å²) < 4.78 is 4.89. The summed E-state index contributed by atoms with van der Waals surface area (Å²) in [5.41, 5.74) is 1.64. The molecule has 0 bridgehead atoms. The largest absolute Gasteiger partial charge is 0.390 e. The van der Waals surface area contributed by atoms with Crippen LogP contribution >= 0.6 is 23.2 Å². The fourth-order valence-corrected chi connectivity index (χ4v) is 3.19. The van der Waals surface area contributed by atoms with Gasteiger partial charge in [0.15, 0.2) is 0 Å². The van der Waals surface area contributed by atoms with Crippen LogP contribution in [0.5, 0.6) is 0 Å². The third-order valence-electron chi connectivity index (χ3n) is 3.61. The summed E-state index contributed by atoms with van der Waals surface area (Å²) in [4.78, 5) is 13.6. The lowest BCUT2D eigenvalue weighted by Gasteiger charge is -2.28. The van der Waals surface area contributed by atoms with E-state index in [9.17, 15) is 9.90 Å². The molecule has 1 aromatic rings. The first-order valence-electron chi connectivity index (χ1n) is 6.61. The van der Waals surface area contributed by atoms with Crippen LogP contribution in [0, 0.1) is 0 Å². The number of rotatable bonds is 4. The van der Waals surface area contributed by atoms with Crippen molar-refractivity contribution < 1.29 is 14.6 Å². The quantitative estimate of drug-likeness (QED) is 0.831. The monoisotopic (exact) mass is 332 g/mol. The minimum atomic E-state index is -0.700. The highest BCUT2D eigenvalue weighted by Crippen LogP contribution is 2.40. The molecule has 7 heteroatoms. The van der Waals surface area contributed by atoms with Crippen LogP contribution in [0.3, 0.4) is 0 Å². The molecule has 21 heavy (non-hydrogen) atoms. The Morgan fingerprint density at radius 3 is 2.90 bits per heavy atom. The first kappa shape index (κ1) is 16.4. The average Bonchev–Trinajstić information content (AvgIpc) is 2.74. The van der Waals surface area contributed by atoms with E-state index >= 15 is 0 Å². The predicted molar refractivity (Wildman–Crippen MR) is 82.0 cm³/mol. The molecule has 0 saturated heterocycles. The second-order valence-electron chi connectivity index (χ2n) is 5.01. The molecule has 116 valence electrons. The van der Waals surface area contributed by atoms with Gasteiger partial charge in [-0.3, -0.25) is 0 Å². The molecule has 2 amide bonds. The van der Waals surface area contributed by atoms with Crippen LogP contribution in [0.2, 0.25) is 10.0 Å². The summed E-state index contributed by atoms with van der Waals surface area (Å²) in [6.07, 6.45) is -0.291. The van der Waals surface area contributed by atoms with Gasteiger partial charge in [-0.15, -0.1) is 0 Å². The number of halogens is 2. The topological polar surface area (TPSA) is 61.8 Å². The number of amides is 2. The van der Waals surface area contributed by atoms with Crippen molar-refractivity contribution in [2.75, 3.05) is 27.3 Å². The maximum absolute atomic E-state index is 12.1. The summed E-state index contributed by atoms with van der Waals surface area (Å²) in [5.74, 6) is 0. The number of fused-ring (bicyclic) bond motifs is 1. The van der Waals surface area contributed by atoms with Gasteiger partial charge in [-0.25, -0.2) is 4.79 Å². The van der Waals surface area contributed by atoms with Crippen molar-refractivity contribution in [2.24, 2.45) is 0 Å². The molecular formula is C14H18Cl2N2O3. The smallest absolute Gasteiger partial charge is 0.317 e. The van der Waals surface area contributed by atoms with Gasteiger partial charge in [0.1, 0.15) is 0 Å². The molecule has 1 aromatic carbocycles. The number of hydrogen-bond donors (Lipinski definition) is 2. The highest BCUT2D eigenvalue weighted by Gasteiger charge is 2.37. The van der Waals surface area contributed by atoms with Gasteiger partial charge in [0.05, 0.1) is 18.8 Å². The number of likely N-dealkylation sites (N-methyl/N-ethyl adjacent to an activating group) is 1. The molecule has 0 heterocycles. The Morgan fingerprint density at radius 2 is 2.24 bits per heavy atom. The normalized spacial score (nSPS) is 20.2. The van der Waals surface area contributed by atoms with E-state index in [0.717, 1.165) is 11.1 Å². The predicted octanol–water partition coefficient (Wildman–Crippen LogP) is 2.24. The van der Waals surface area contributed by atoms with Crippen molar-refractivity contribution in [1.29, 1.82) is 0 Å². The van der Waals surface area contributed by atoms with E-state index in [0.29, 0.717) is 29.6 Å². The molecule has 0 saturated carbocycles. The van der Waals surface area contributed by atoms with Crippen LogP contribution in [0.25, 0.3) is 0 Å². The Kier molecular flexibility index (Phi) is 5.32. The van der Waals surface area contributed by atoms with Gasteiger partial charge in [0.25, 0.3) is 0 Å². The van der Waals surface area contributed by atoms with Crippen molar-refractivity contribution in [3.63, 3.8) is 0 Å². The number of methoxy groups -OCH3 is 1. The molecule has 0 fully saturated rings. The van der Waals surface area contributed by atoms with Crippen molar-refractivity contribution in [3.8, 4) is 0 Å². The molecule has 1 aliphatic rings. The van der Waals surface area contributed by atoms with E-state index in [2.05, 4.69) is 5.32 Å². The molecule has 2 rings (SSSR count). The van der Waals surface area contributed by atoms with Gasteiger partial charge in [-0.05, 0) is 23.3 Å². The zero-order chi connectivity index (χ0) is 15.6. The number of aliphatic hydroxyl groups excluding tert-OH is 1. The van der Waals surface area contributed by atoms with Crippen LogP contribution in [-0.2, 0) is 11.2 Å². The third kappa shape index (κ3) is 3.43. The van der Waals surface area contributed by atoms with Crippen molar-refractivity contribution >= 4 is 29.2 Å². The molecule has 0 aliphatic heterocycles. The number of benzene rings is 1. The first-order chi connectivity index (χ1) is 9.95. The fraction of sp³-hybridized carbons (Fsp3) is 0.500. The molecule has 0 unspecified atom stereocenters. The zero-order valence-corrected chi connectivity index (χ0v) is 13.4. The SMILES string of the molecule is COCCNC(=O)N(C)[C@@H]1c2cc(Cl)cc(Cl)c2C[C@H]1O. The number of nitrogens with zero attached hydrogens (tertiary/aromatic N) is 1. The molecule has 2 atom stereocenters. The molecule has 0 radical (unpaired) electrons. The van der Waals surface area contributed by atoms with Gasteiger partial charge < -0.3 is 20.1 Å². The van der Waals surface area contributed by atoms with Gasteiger partial charge in [-0.2, -0.15) is 0 Å². The maximum Gasteiger partial charge on any atom is 0.317 e. The third-order valence-corrected chi connectivity index (χ3v) is 4.17. The summed E-state index contributed by atoms with van der Waals surface area (Å²) in [6, 6.07) is 2.66. The summed E-state index contributed by atoms with van der Waals surface area (Å²) in [6.45, 7) is 0.840. The molecular weight excluding hydrogens is 315 g/mol. The highest BCUT2D eigenvalue weighted by atomic mass is 35.5. The van der Waals surface area contributed by atoms with Crippen LogP contribution in [0.4, 0.5) is 4.79 Å². The average molecular weight is 333 g/mol. The van der Waals surface area contributed by atoms with Crippen molar-refractivity contribution in [1.82, 2.24) is 10.2 Å². The van der Waals surface area contributed by atoms with Crippen LogP contribution in [0.15, 0.2) is 12.1 Å². The van der Waals surface area contributed by atoms with Crippen LogP contribution in [-0.4, -0.2) is 49.5 Å². The Bertz CT molecular complexity index is 539. The van der Waals surface area contributed by atoms with E-state index in [-0.39, 0.29) is 6.03 Å². The lowest BCUT2D eigenvalue weighted by molar-refractivity contribution is 0.0884. The molecule has 0 spiro atoms. The van der Waals surface area contributed by atoms with Gasteiger partial charge in [0, 0.05) is 37.2 Å². The second-order valence-corrected chi connectivity index (χ2v) is 5.85. The molecule has 2 N–H and O–H groups in total. The number of carbonyl (C=O) groups excluding carboxylic acids is 1. The van der Waals surface area contributed by atoms with Gasteiger partial charge >= 0.3 is 6.03 Å². The number of hydrogen-bond acceptors (Lipinski definition) is 3. The van der Waals surface area contributed by atoms with Crippen LogP contribution in [0.1, 0.15) is 17.2 Å². The van der Waals surface area contributed by atoms with E-state index < -0.39 is 12.1 Å². The van der Waals surface area contributed by atoms with Gasteiger partial charge in [0.2, 0.25) is 0 Å². The summed E-state index contributed by atoms with van der Waals surface area (Å²) in [5, 5.41) is 14.0. The molecule has 5 nitrogen and oxygen atoms in total. The number of aliphatic hydroxyl groups is 1. The Morgan fingerprint density at radius 1 is 1.52 bits per heavy atom. The zero-order valence-electron chi connectivity index (χ0n) is 11.9. The standard InChI is InChI=1S/C14H18Cl2N2O3/c1-18(14(20)17-3-4-21-2)13-10-5-8(15)6-11(16)9(10)7-12(13)19/h5-6,12-13,19H,3-4,7H2,1-2H3,(H,17,20)/t12-,13-/m1/s1.